The summed E-state index contributed by atoms with van der Waals surface area (Å²) in [5.74, 6) is -0.239. The van der Waals surface area contributed by atoms with Gasteiger partial charge in [0.25, 0.3) is 5.91 Å². The van der Waals surface area contributed by atoms with Crippen molar-refractivity contribution in [2.24, 2.45) is 5.10 Å². The highest BCUT2D eigenvalue weighted by atomic mass is 19.1. The molecule has 5 heteroatoms. The molecule has 3 aromatic rings. The summed E-state index contributed by atoms with van der Waals surface area (Å²) in [7, 11) is 0. The topological polar surface area (TPSA) is 50.7 Å². The average molecular weight is 348 g/mol. The molecule has 0 bridgehead atoms. The lowest BCUT2D eigenvalue weighted by Gasteiger charge is -2.06. The molecule has 0 saturated carbocycles. The number of nitrogens with one attached hydrogen (secondary N) is 1. The minimum absolute atomic E-state index is 0.210. The number of nitrogens with zero attached hydrogens (tertiary/aromatic N) is 1. The molecule has 0 fully saturated rings. The number of rotatable bonds is 6. The first-order valence-corrected chi connectivity index (χ1v) is 8.06. The third-order valence-electron chi connectivity index (χ3n) is 3.57. The molecule has 0 radical (unpaired) electrons. The van der Waals surface area contributed by atoms with E-state index in [9.17, 15) is 9.18 Å². The van der Waals surface area contributed by atoms with Gasteiger partial charge >= 0.3 is 0 Å². The summed E-state index contributed by atoms with van der Waals surface area (Å²) >= 11 is 0. The Morgan fingerprint density at radius 2 is 1.81 bits per heavy atom. The van der Waals surface area contributed by atoms with Crippen LogP contribution in [0.25, 0.3) is 0 Å². The fourth-order valence-electron chi connectivity index (χ4n) is 2.29. The van der Waals surface area contributed by atoms with Crippen molar-refractivity contribution in [1.29, 1.82) is 0 Å². The van der Waals surface area contributed by atoms with Crippen molar-refractivity contribution >= 4 is 12.1 Å². The van der Waals surface area contributed by atoms with Crippen LogP contribution >= 0.6 is 0 Å². The van der Waals surface area contributed by atoms with Gasteiger partial charge in [0.1, 0.15) is 18.2 Å². The highest BCUT2D eigenvalue weighted by molar-refractivity contribution is 5.94. The van der Waals surface area contributed by atoms with E-state index >= 15 is 0 Å². The van der Waals surface area contributed by atoms with Crippen molar-refractivity contribution in [2.75, 3.05) is 0 Å². The van der Waals surface area contributed by atoms with Crippen LogP contribution in [0.3, 0.4) is 0 Å². The highest BCUT2D eigenvalue weighted by Crippen LogP contribution is 2.14. The zero-order valence-electron chi connectivity index (χ0n) is 13.9. The number of ether oxygens (including phenoxy) is 1. The predicted octanol–water partition coefficient (Wildman–Crippen LogP) is 4.17. The van der Waals surface area contributed by atoms with Gasteiger partial charge in [0.05, 0.1) is 6.21 Å². The molecule has 0 unspecified atom stereocenters. The Bertz CT molecular complexity index is 911. The van der Waals surface area contributed by atoms with Crippen molar-refractivity contribution in [2.45, 2.75) is 6.61 Å². The van der Waals surface area contributed by atoms with E-state index in [4.69, 9.17) is 4.74 Å². The van der Waals surface area contributed by atoms with Crippen molar-refractivity contribution in [3.05, 3.63) is 101 Å². The highest BCUT2D eigenvalue weighted by Gasteiger charge is 2.04. The lowest BCUT2D eigenvalue weighted by atomic mass is 10.2. The fourth-order valence-corrected chi connectivity index (χ4v) is 2.29. The molecular formula is C21H17FN2O2. The zero-order valence-corrected chi connectivity index (χ0v) is 13.9. The molecule has 0 heterocycles. The molecule has 3 rings (SSSR count). The van der Waals surface area contributed by atoms with Crippen LogP contribution in [-0.2, 0) is 6.61 Å². The lowest BCUT2D eigenvalue weighted by molar-refractivity contribution is 0.0954. The van der Waals surface area contributed by atoms with Gasteiger partial charge in [0.15, 0.2) is 0 Å². The maximum atomic E-state index is 13.1. The predicted molar refractivity (Wildman–Crippen MR) is 98.7 cm³/mol. The van der Waals surface area contributed by atoms with E-state index in [0.717, 1.165) is 17.2 Å². The molecule has 0 aliphatic rings. The smallest absolute Gasteiger partial charge is 0.271 e. The molecule has 4 nitrogen and oxygen atoms in total. The van der Waals surface area contributed by atoms with Gasteiger partial charge in [-0.05, 0) is 41.5 Å². The molecular weight excluding hydrogens is 331 g/mol. The van der Waals surface area contributed by atoms with E-state index in [-0.39, 0.29) is 5.56 Å². The number of carbonyl (C=O) groups is 1. The second-order valence-corrected chi connectivity index (χ2v) is 5.56. The normalized spacial score (nSPS) is 10.7. The maximum absolute atomic E-state index is 13.1. The van der Waals surface area contributed by atoms with Crippen molar-refractivity contribution in [1.82, 2.24) is 5.43 Å². The van der Waals surface area contributed by atoms with E-state index in [1.807, 2.05) is 54.6 Å². The number of halogens is 1. The third-order valence-corrected chi connectivity index (χ3v) is 3.57. The Morgan fingerprint density at radius 3 is 2.62 bits per heavy atom. The number of benzene rings is 3. The quantitative estimate of drug-likeness (QED) is 0.537. The van der Waals surface area contributed by atoms with Crippen LogP contribution in [-0.4, -0.2) is 12.1 Å². The molecule has 0 spiro atoms. The van der Waals surface area contributed by atoms with E-state index in [2.05, 4.69) is 10.5 Å². The Hall–Kier alpha value is -3.47. The number of carbonyl (C=O) groups excluding carboxylic acids is 1. The van der Waals surface area contributed by atoms with Crippen molar-refractivity contribution in [3.63, 3.8) is 0 Å². The van der Waals surface area contributed by atoms with E-state index in [1.54, 1.807) is 0 Å². The first-order chi connectivity index (χ1) is 12.7. The summed E-state index contributed by atoms with van der Waals surface area (Å²) in [6.07, 6.45) is 1.51. The Labute approximate surface area is 150 Å². The summed E-state index contributed by atoms with van der Waals surface area (Å²) < 4.78 is 18.9. The number of amides is 1. The fraction of sp³-hybridized carbons (Fsp3) is 0.0476. The van der Waals surface area contributed by atoms with Crippen LogP contribution in [0.5, 0.6) is 5.75 Å². The molecule has 0 atom stereocenters. The van der Waals surface area contributed by atoms with E-state index in [1.165, 1.54) is 24.4 Å². The Kier molecular flexibility index (Phi) is 5.72. The van der Waals surface area contributed by atoms with Gasteiger partial charge in [-0.1, -0.05) is 48.5 Å². The minimum atomic E-state index is -0.475. The summed E-state index contributed by atoms with van der Waals surface area (Å²) in [6, 6.07) is 22.7. The standard InChI is InChI=1S/C21H17FN2O2/c22-19-10-5-9-18(13-19)21(25)24-23-14-17-8-4-11-20(12-17)26-15-16-6-2-1-3-7-16/h1-14H,15H2,(H,24,25). The van der Waals surface area contributed by atoms with Crippen LogP contribution in [0.4, 0.5) is 4.39 Å². The molecule has 3 aromatic carbocycles. The van der Waals surface area contributed by atoms with Gasteiger partial charge in [-0.15, -0.1) is 0 Å². The summed E-state index contributed by atoms with van der Waals surface area (Å²) in [4.78, 5) is 11.9. The van der Waals surface area contributed by atoms with Crippen LogP contribution < -0.4 is 10.2 Å². The second kappa shape index (κ2) is 8.58. The van der Waals surface area contributed by atoms with Gasteiger partial charge < -0.3 is 4.74 Å². The lowest BCUT2D eigenvalue weighted by Crippen LogP contribution is -2.17. The summed E-state index contributed by atoms with van der Waals surface area (Å²) in [6.45, 7) is 0.470. The van der Waals surface area contributed by atoms with Crippen molar-refractivity contribution in [3.8, 4) is 5.75 Å². The van der Waals surface area contributed by atoms with Crippen LogP contribution in [0.1, 0.15) is 21.5 Å². The molecule has 0 aliphatic heterocycles. The molecule has 1 N–H and O–H groups in total. The third kappa shape index (κ3) is 5.01. The molecule has 0 saturated heterocycles. The number of hydrogen-bond acceptors (Lipinski definition) is 3. The van der Waals surface area contributed by atoms with Gasteiger partial charge in [-0.3, -0.25) is 4.79 Å². The van der Waals surface area contributed by atoms with Crippen LogP contribution in [0.2, 0.25) is 0 Å². The van der Waals surface area contributed by atoms with E-state index < -0.39 is 11.7 Å². The first kappa shape index (κ1) is 17.4. The SMILES string of the molecule is O=C(NN=Cc1cccc(OCc2ccccc2)c1)c1cccc(F)c1. The van der Waals surface area contributed by atoms with E-state index in [0.29, 0.717) is 12.4 Å². The second-order valence-electron chi connectivity index (χ2n) is 5.56. The van der Waals surface area contributed by atoms with Gasteiger partial charge in [0, 0.05) is 5.56 Å². The minimum Gasteiger partial charge on any atom is -0.489 e. The Balaban J connectivity index is 1.57. The molecule has 0 aromatic heterocycles. The van der Waals surface area contributed by atoms with Crippen LogP contribution in [0, 0.1) is 5.82 Å². The largest absolute Gasteiger partial charge is 0.489 e. The van der Waals surface area contributed by atoms with Gasteiger partial charge in [-0.2, -0.15) is 5.10 Å². The van der Waals surface area contributed by atoms with Gasteiger partial charge in [0.2, 0.25) is 0 Å². The number of hydrogen-bond donors (Lipinski definition) is 1. The monoisotopic (exact) mass is 348 g/mol. The molecule has 1 amide bonds. The molecule has 0 aliphatic carbocycles. The number of hydrazone groups is 1. The average Bonchev–Trinajstić information content (AvgIpc) is 2.67. The summed E-state index contributed by atoms with van der Waals surface area (Å²) in [5.41, 5.74) is 4.44. The Morgan fingerprint density at radius 1 is 1.00 bits per heavy atom. The van der Waals surface area contributed by atoms with Gasteiger partial charge in [-0.25, -0.2) is 9.82 Å². The first-order valence-electron chi connectivity index (χ1n) is 8.06. The zero-order chi connectivity index (χ0) is 18.2. The van der Waals surface area contributed by atoms with Crippen molar-refractivity contribution < 1.29 is 13.9 Å². The molecule has 130 valence electrons. The maximum Gasteiger partial charge on any atom is 0.271 e. The molecule has 26 heavy (non-hydrogen) atoms. The van der Waals surface area contributed by atoms with Crippen LogP contribution in [0.15, 0.2) is 84.0 Å². The summed E-state index contributed by atoms with van der Waals surface area (Å²) in [5, 5.41) is 3.90.